The van der Waals surface area contributed by atoms with Crippen molar-refractivity contribution in [3.8, 4) is 5.75 Å². The molecule has 0 aliphatic rings. The van der Waals surface area contributed by atoms with Crippen molar-refractivity contribution in [3.05, 3.63) is 28.8 Å². The molecule has 0 unspecified atom stereocenters. The van der Waals surface area contributed by atoms with Crippen LogP contribution < -0.4 is 0 Å². The van der Waals surface area contributed by atoms with Crippen LogP contribution in [-0.2, 0) is 19.6 Å². The zero-order valence-electron chi connectivity index (χ0n) is 9.03. The van der Waals surface area contributed by atoms with Gasteiger partial charge in [0.25, 0.3) is 0 Å². The fourth-order valence-electron chi connectivity index (χ4n) is 1.60. The van der Waals surface area contributed by atoms with E-state index in [1.54, 1.807) is 12.1 Å². The molecule has 0 heterocycles. The molecule has 0 aliphatic carbocycles. The average Bonchev–Trinajstić information content (AvgIpc) is 2.27. The summed E-state index contributed by atoms with van der Waals surface area (Å²) in [4.78, 5) is 0. The smallest absolute Gasteiger partial charge is 0.126 e. The first-order chi connectivity index (χ1) is 7.22. The molecular weight excluding hydrogens is 192 g/mol. The molecule has 3 nitrogen and oxygen atoms in total. The van der Waals surface area contributed by atoms with E-state index in [-0.39, 0.29) is 19.0 Å². The highest BCUT2D eigenvalue weighted by Gasteiger charge is 2.08. The highest BCUT2D eigenvalue weighted by molar-refractivity contribution is 5.43. The van der Waals surface area contributed by atoms with Crippen LogP contribution in [0.3, 0.4) is 0 Å². The zero-order chi connectivity index (χ0) is 11.3. The molecule has 0 bridgehead atoms. The molecule has 0 aliphatic heterocycles. The lowest BCUT2D eigenvalue weighted by Crippen LogP contribution is -1.95. The maximum absolute atomic E-state index is 9.62. The Labute approximate surface area is 90.0 Å². The predicted octanol–water partition coefficient (Wildman–Crippen LogP) is 1.72. The molecule has 0 aromatic heterocycles. The maximum atomic E-state index is 9.62. The third-order valence-electron chi connectivity index (χ3n) is 2.49. The molecule has 0 radical (unpaired) electrons. The summed E-state index contributed by atoms with van der Waals surface area (Å²) in [6.45, 7) is 1.72. The summed E-state index contributed by atoms with van der Waals surface area (Å²) in [5.74, 6) is 0.0141. The highest BCUT2D eigenvalue weighted by atomic mass is 16.3. The Balaban J connectivity index is 2.98. The van der Waals surface area contributed by atoms with E-state index >= 15 is 0 Å². The van der Waals surface area contributed by atoms with Gasteiger partial charge in [-0.2, -0.15) is 0 Å². The van der Waals surface area contributed by atoms with E-state index in [4.69, 9.17) is 10.2 Å². The SMILES string of the molecule is CCCCc1cc(CO)c(O)c(CO)c1. The zero-order valence-corrected chi connectivity index (χ0v) is 9.03. The highest BCUT2D eigenvalue weighted by Crippen LogP contribution is 2.25. The fourth-order valence-corrected chi connectivity index (χ4v) is 1.60. The van der Waals surface area contributed by atoms with Gasteiger partial charge < -0.3 is 15.3 Å². The molecular formula is C12H18O3. The van der Waals surface area contributed by atoms with E-state index in [0.717, 1.165) is 24.8 Å². The summed E-state index contributed by atoms with van der Waals surface area (Å²) in [6, 6.07) is 3.59. The number of unbranched alkanes of at least 4 members (excludes halogenated alkanes) is 1. The van der Waals surface area contributed by atoms with Gasteiger partial charge in [-0.3, -0.25) is 0 Å². The number of hydrogen-bond donors (Lipinski definition) is 3. The minimum absolute atomic E-state index is 0.0141. The molecule has 1 aromatic rings. The van der Waals surface area contributed by atoms with E-state index < -0.39 is 0 Å². The van der Waals surface area contributed by atoms with Crippen LogP contribution in [0.5, 0.6) is 5.75 Å². The Bertz CT molecular complexity index is 296. The van der Waals surface area contributed by atoms with Gasteiger partial charge >= 0.3 is 0 Å². The number of phenols is 1. The second kappa shape index (κ2) is 5.73. The number of aromatic hydroxyl groups is 1. The quantitative estimate of drug-likeness (QED) is 0.693. The van der Waals surface area contributed by atoms with Crippen molar-refractivity contribution >= 4 is 0 Å². The normalized spacial score (nSPS) is 10.6. The van der Waals surface area contributed by atoms with Crippen LogP contribution >= 0.6 is 0 Å². The molecule has 0 saturated carbocycles. The van der Waals surface area contributed by atoms with Crippen LogP contribution in [0.1, 0.15) is 36.5 Å². The molecule has 0 atom stereocenters. The molecule has 0 amide bonds. The van der Waals surface area contributed by atoms with Gasteiger partial charge in [-0.05, 0) is 30.5 Å². The van der Waals surface area contributed by atoms with Crippen molar-refractivity contribution in [2.24, 2.45) is 0 Å². The lowest BCUT2D eigenvalue weighted by Gasteiger charge is -2.10. The summed E-state index contributed by atoms with van der Waals surface area (Å²) >= 11 is 0. The summed E-state index contributed by atoms with van der Waals surface area (Å²) in [5, 5.41) is 27.7. The Morgan fingerprint density at radius 2 is 1.60 bits per heavy atom. The van der Waals surface area contributed by atoms with Gasteiger partial charge in [-0.25, -0.2) is 0 Å². The minimum Gasteiger partial charge on any atom is -0.507 e. The van der Waals surface area contributed by atoms with E-state index in [1.165, 1.54) is 0 Å². The third kappa shape index (κ3) is 2.94. The van der Waals surface area contributed by atoms with Crippen LogP contribution in [0.15, 0.2) is 12.1 Å². The number of aliphatic hydroxyl groups is 2. The first-order valence-corrected chi connectivity index (χ1v) is 5.28. The molecule has 0 saturated heterocycles. The van der Waals surface area contributed by atoms with E-state index in [2.05, 4.69) is 6.92 Å². The van der Waals surface area contributed by atoms with Gasteiger partial charge in [0.05, 0.1) is 13.2 Å². The molecule has 1 aromatic carbocycles. The number of rotatable bonds is 5. The van der Waals surface area contributed by atoms with Crippen LogP contribution in [0.4, 0.5) is 0 Å². The first kappa shape index (κ1) is 12.0. The van der Waals surface area contributed by atoms with Gasteiger partial charge in [0.2, 0.25) is 0 Å². The van der Waals surface area contributed by atoms with Crippen molar-refractivity contribution in [1.82, 2.24) is 0 Å². The fraction of sp³-hybridized carbons (Fsp3) is 0.500. The van der Waals surface area contributed by atoms with Gasteiger partial charge in [-0.1, -0.05) is 13.3 Å². The third-order valence-corrected chi connectivity index (χ3v) is 2.49. The first-order valence-electron chi connectivity index (χ1n) is 5.28. The summed E-state index contributed by atoms with van der Waals surface area (Å²) in [5.41, 5.74) is 2.04. The van der Waals surface area contributed by atoms with Crippen molar-refractivity contribution < 1.29 is 15.3 Å². The molecule has 84 valence electrons. The van der Waals surface area contributed by atoms with Crippen LogP contribution in [0.25, 0.3) is 0 Å². The summed E-state index contributed by atoms with van der Waals surface area (Å²) < 4.78 is 0. The molecule has 15 heavy (non-hydrogen) atoms. The van der Waals surface area contributed by atoms with Gasteiger partial charge in [-0.15, -0.1) is 0 Å². The largest absolute Gasteiger partial charge is 0.507 e. The van der Waals surface area contributed by atoms with Gasteiger partial charge in [0, 0.05) is 11.1 Å². The molecule has 0 fully saturated rings. The Hall–Kier alpha value is -1.06. The second-order valence-electron chi connectivity index (χ2n) is 3.68. The molecule has 1 rings (SSSR count). The Morgan fingerprint density at radius 1 is 1.07 bits per heavy atom. The van der Waals surface area contributed by atoms with Gasteiger partial charge in [0.15, 0.2) is 0 Å². The molecule has 3 N–H and O–H groups in total. The Kier molecular flexibility index (Phi) is 4.59. The van der Waals surface area contributed by atoms with Crippen LogP contribution in [0.2, 0.25) is 0 Å². The predicted molar refractivity (Wildman–Crippen MR) is 58.6 cm³/mol. The average molecular weight is 210 g/mol. The minimum atomic E-state index is -0.196. The van der Waals surface area contributed by atoms with E-state index in [1.807, 2.05) is 0 Å². The van der Waals surface area contributed by atoms with Crippen molar-refractivity contribution in [3.63, 3.8) is 0 Å². The van der Waals surface area contributed by atoms with Crippen molar-refractivity contribution in [1.29, 1.82) is 0 Å². The number of hydrogen-bond acceptors (Lipinski definition) is 3. The maximum Gasteiger partial charge on any atom is 0.126 e. The second-order valence-corrected chi connectivity index (χ2v) is 3.68. The van der Waals surface area contributed by atoms with Crippen LogP contribution in [0, 0.1) is 0 Å². The lowest BCUT2D eigenvalue weighted by molar-refractivity contribution is 0.263. The topological polar surface area (TPSA) is 60.7 Å². The van der Waals surface area contributed by atoms with Crippen molar-refractivity contribution in [2.45, 2.75) is 39.4 Å². The number of aliphatic hydroxyl groups excluding tert-OH is 2. The monoisotopic (exact) mass is 210 g/mol. The standard InChI is InChI=1S/C12H18O3/c1-2-3-4-9-5-10(7-13)12(15)11(6-9)8-14/h5-6,13-15H,2-4,7-8H2,1H3. The number of aryl methyl sites for hydroxylation is 1. The number of benzene rings is 1. The van der Waals surface area contributed by atoms with Crippen molar-refractivity contribution in [2.75, 3.05) is 0 Å². The van der Waals surface area contributed by atoms with E-state index in [9.17, 15) is 5.11 Å². The van der Waals surface area contributed by atoms with Crippen LogP contribution in [-0.4, -0.2) is 15.3 Å². The molecule has 0 spiro atoms. The Morgan fingerprint density at radius 3 is 2.00 bits per heavy atom. The lowest BCUT2D eigenvalue weighted by atomic mass is 10.0. The summed E-state index contributed by atoms with van der Waals surface area (Å²) in [7, 11) is 0. The van der Waals surface area contributed by atoms with Gasteiger partial charge in [0.1, 0.15) is 5.75 Å². The van der Waals surface area contributed by atoms with E-state index in [0.29, 0.717) is 11.1 Å². The summed E-state index contributed by atoms with van der Waals surface area (Å²) in [6.07, 6.45) is 3.08. The molecule has 3 heteroatoms.